The average Bonchev–Trinajstić information content (AvgIpc) is 3.13. The first-order chi connectivity index (χ1) is 9.99. The molecule has 0 aliphatic heterocycles. The summed E-state index contributed by atoms with van der Waals surface area (Å²) in [5.74, 6) is 0. The van der Waals surface area contributed by atoms with Crippen LogP contribution in [0.15, 0.2) is 8.29 Å². The van der Waals surface area contributed by atoms with Gasteiger partial charge >= 0.3 is 158 Å². The Kier molecular flexibility index (Phi) is 4.08. The number of hydrogen-bond donors (Lipinski definition) is 0. The van der Waals surface area contributed by atoms with Gasteiger partial charge in [0, 0.05) is 0 Å². The first-order valence-electron chi connectivity index (χ1n) is 6.64. The molecule has 4 rings (SSSR count). The Hall–Kier alpha value is 0.998. The fraction of sp³-hybridized carbons (Fsp3) is 0.250. The van der Waals surface area contributed by atoms with Gasteiger partial charge in [-0.15, -0.1) is 0 Å². The minimum atomic E-state index is 0.531. The molecule has 0 atom stereocenters. The van der Waals surface area contributed by atoms with Crippen molar-refractivity contribution < 1.29 is 0 Å². The molecule has 0 radical (unpaired) electrons. The third kappa shape index (κ3) is 2.25. The molecule has 0 bridgehead atoms. The number of rotatable bonds is 1. The summed E-state index contributed by atoms with van der Waals surface area (Å²) in [6.07, 6.45) is 0. The van der Waals surface area contributed by atoms with E-state index < -0.39 is 0 Å². The van der Waals surface area contributed by atoms with Crippen molar-refractivity contribution >= 4 is 91.0 Å². The molecule has 0 saturated carbocycles. The third-order valence-corrected chi connectivity index (χ3v) is 18.4. The predicted octanol–water partition coefficient (Wildman–Crippen LogP) is 3.88. The molecule has 4 aromatic rings. The maximum absolute atomic E-state index is 3.78. The predicted molar refractivity (Wildman–Crippen MR) is 101 cm³/mol. The van der Waals surface area contributed by atoms with E-state index in [1.54, 1.807) is 48.2 Å². The Morgan fingerprint density at radius 3 is 1.90 bits per heavy atom. The molecule has 108 valence electrons. The Bertz CT molecular complexity index is 993. The molecule has 5 heteroatoms. The van der Waals surface area contributed by atoms with E-state index in [0.717, 1.165) is 0 Å². The van der Waals surface area contributed by atoms with Crippen LogP contribution in [0, 0.1) is 27.7 Å². The van der Waals surface area contributed by atoms with Gasteiger partial charge in [0.2, 0.25) is 0 Å². The van der Waals surface area contributed by atoms with Crippen molar-refractivity contribution in [2.24, 2.45) is 0 Å². The summed E-state index contributed by atoms with van der Waals surface area (Å²) in [6.45, 7) is 9.39. The van der Waals surface area contributed by atoms with Crippen LogP contribution < -0.4 is 0 Å². The molecule has 0 aromatic carbocycles. The molecule has 0 N–H and O–H groups in total. The monoisotopic (exact) mass is 604 g/mol. The number of halogens is 1. The zero-order valence-corrected chi connectivity index (χ0v) is 20.5. The zero-order chi connectivity index (χ0) is 14.9. The van der Waals surface area contributed by atoms with Crippen molar-refractivity contribution in [3.05, 3.63) is 30.5 Å². The van der Waals surface area contributed by atoms with Crippen LogP contribution in [0.4, 0.5) is 0 Å². The fourth-order valence-electron chi connectivity index (χ4n) is 2.66. The summed E-state index contributed by atoms with van der Waals surface area (Å²) in [5, 5.41) is 0. The van der Waals surface area contributed by atoms with Gasteiger partial charge in [0.1, 0.15) is 0 Å². The van der Waals surface area contributed by atoms with Crippen LogP contribution in [0.5, 0.6) is 0 Å². The van der Waals surface area contributed by atoms with Crippen molar-refractivity contribution in [1.82, 2.24) is 0 Å². The molecule has 21 heavy (non-hydrogen) atoms. The third-order valence-electron chi connectivity index (χ3n) is 3.93. The van der Waals surface area contributed by atoms with Crippen molar-refractivity contribution in [2.75, 3.05) is 0 Å². The number of aryl methyl sites for hydroxylation is 4. The molecule has 0 spiro atoms. The van der Waals surface area contributed by atoms with Crippen LogP contribution >= 0.6 is 15.9 Å². The molecule has 0 aliphatic rings. The molecule has 4 heterocycles. The van der Waals surface area contributed by atoms with E-state index in [1.807, 2.05) is 0 Å². The molecule has 0 amide bonds. The first kappa shape index (κ1) is 15.5. The van der Waals surface area contributed by atoms with Gasteiger partial charge in [0.15, 0.2) is 0 Å². The molecule has 4 aromatic heterocycles. The number of hydrogen-bond acceptors (Lipinski definition) is 0. The van der Waals surface area contributed by atoms with Gasteiger partial charge in [-0.1, -0.05) is 0 Å². The molecular formula is C16H13BrSe4. The second-order valence-electron chi connectivity index (χ2n) is 5.35. The van der Waals surface area contributed by atoms with Gasteiger partial charge in [-0.2, -0.15) is 0 Å². The van der Waals surface area contributed by atoms with Crippen molar-refractivity contribution in [2.45, 2.75) is 27.7 Å². The van der Waals surface area contributed by atoms with Crippen molar-refractivity contribution in [3.63, 3.8) is 0 Å². The first-order valence-corrected chi connectivity index (χ1v) is 14.4. The standard InChI is InChI=1S/C16H13BrSe4/c1-6-5-18-11-7(2)12(19-10(6)11)13-8(3)14-15(20-13)9(4)16(17)21-14/h5H,1-4H3. The maximum atomic E-state index is 3.78. The van der Waals surface area contributed by atoms with Crippen LogP contribution in [-0.4, -0.2) is 58.0 Å². The Balaban J connectivity index is 2.04. The molecular weight excluding hydrogens is 588 g/mol. The minimum absolute atomic E-state index is 0.531. The zero-order valence-electron chi connectivity index (χ0n) is 12.1. The molecule has 0 unspecified atom stereocenters. The Morgan fingerprint density at radius 1 is 0.714 bits per heavy atom. The van der Waals surface area contributed by atoms with E-state index in [0.29, 0.717) is 58.0 Å². The second-order valence-corrected chi connectivity index (χ2v) is 15.6. The summed E-state index contributed by atoms with van der Waals surface area (Å²) in [5.41, 5.74) is 6.39. The van der Waals surface area contributed by atoms with E-state index in [-0.39, 0.29) is 0 Å². The van der Waals surface area contributed by atoms with Crippen LogP contribution in [-0.2, 0) is 0 Å². The average molecular weight is 601 g/mol. The van der Waals surface area contributed by atoms with E-state index in [2.05, 4.69) is 48.6 Å². The van der Waals surface area contributed by atoms with E-state index in [1.165, 1.54) is 3.35 Å². The molecule has 0 fully saturated rings. The summed E-state index contributed by atoms with van der Waals surface area (Å²) < 4.78 is 11.8. The molecule has 0 nitrogen and oxygen atoms in total. The van der Waals surface area contributed by atoms with Crippen LogP contribution in [0.25, 0.3) is 25.9 Å². The Morgan fingerprint density at radius 2 is 1.29 bits per heavy atom. The van der Waals surface area contributed by atoms with Gasteiger partial charge in [0.05, 0.1) is 0 Å². The fourth-order valence-corrected chi connectivity index (χ4v) is 17.1. The second kappa shape index (κ2) is 5.52. The quantitative estimate of drug-likeness (QED) is 0.291. The van der Waals surface area contributed by atoms with Crippen LogP contribution in [0.3, 0.4) is 0 Å². The van der Waals surface area contributed by atoms with E-state index >= 15 is 0 Å². The van der Waals surface area contributed by atoms with Crippen LogP contribution in [0.2, 0.25) is 0 Å². The van der Waals surface area contributed by atoms with Crippen molar-refractivity contribution in [1.29, 1.82) is 0 Å². The summed E-state index contributed by atoms with van der Waals surface area (Å²) in [7, 11) is 0. The van der Waals surface area contributed by atoms with Gasteiger partial charge in [-0.25, -0.2) is 0 Å². The molecule has 0 aliphatic carbocycles. The molecule has 0 saturated heterocycles. The van der Waals surface area contributed by atoms with Gasteiger partial charge in [-0.3, -0.25) is 0 Å². The van der Waals surface area contributed by atoms with Gasteiger partial charge in [0.25, 0.3) is 0 Å². The summed E-state index contributed by atoms with van der Waals surface area (Å²) in [6, 6.07) is 0. The number of fused-ring (bicyclic) bond motifs is 2. The summed E-state index contributed by atoms with van der Waals surface area (Å²) >= 11 is 6.03. The SMILES string of the molecule is Cc1c[se]c2c(C)c(-c3[se]c4c(C)c(Br)[se]c4c3C)[se]c12. The van der Waals surface area contributed by atoms with Gasteiger partial charge in [-0.05, 0) is 0 Å². The van der Waals surface area contributed by atoms with E-state index in [4.69, 9.17) is 0 Å². The summed E-state index contributed by atoms with van der Waals surface area (Å²) in [4.78, 5) is 2.48. The Labute approximate surface area is 156 Å². The van der Waals surface area contributed by atoms with Crippen LogP contribution in [0.1, 0.15) is 22.3 Å². The van der Waals surface area contributed by atoms with Gasteiger partial charge < -0.3 is 0 Å². The normalized spacial score (nSPS) is 12.0. The van der Waals surface area contributed by atoms with Crippen molar-refractivity contribution in [3.8, 4) is 8.87 Å². The topological polar surface area (TPSA) is 0 Å². The van der Waals surface area contributed by atoms with E-state index in [9.17, 15) is 0 Å².